The summed E-state index contributed by atoms with van der Waals surface area (Å²) >= 11 is 0. The van der Waals surface area contributed by atoms with Gasteiger partial charge in [-0.25, -0.2) is 0 Å². The second kappa shape index (κ2) is 5.95. The van der Waals surface area contributed by atoms with Crippen molar-refractivity contribution in [2.75, 3.05) is 19.8 Å². The van der Waals surface area contributed by atoms with Crippen LogP contribution in [0, 0.1) is 5.41 Å². The van der Waals surface area contributed by atoms with Crippen molar-refractivity contribution in [3.8, 4) is 0 Å². The van der Waals surface area contributed by atoms with E-state index in [1.165, 1.54) is 0 Å². The second-order valence-electron chi connectivity index (χ2n) is 4.08. The lowest BCUT2D eigenvalue weighted by Crippen LogP contribution is -2.42. The number of hydrogen-bond acceptors (Lipinski definition) is 4. The predicted octanol–water partition coefficient (Wildman–Crippen LogP) is -1.17. The maximum Gasteiger partial charge on any atom is 0.218 e. The first-order chi connectivity index (χ1) is 6.43. The minimum absolute atomic E-state index is 0.0371. The van der Waals surface area contributed by atoms with Gasteiger partial charge in [0.25, 0.3) is 0 Å². The molecule has 0 aromatic rings. The zero-order valence-electron chi connectivity index (χ0n) is 8.79. The van der Waals surface area contributed by atoms with Gasteiger partial charge in [0.05, 0.1) is 13.2 Å². The fraction of sp³-hybridized carbons (Fsp3) is 0.889. The van der Waals surface area contributed by atoms with Crippen LogP contribution in [0.25, 0.3) is 0 Å². The van der Waals surface area contributed by atoms with Gasteiger partial charge in [0.1, 0.15) is 0 Å². The first kappa shape index (κ1) is 13.4. The zero-order chi connectivity index (χ0) is 11.2. The van der Waals surface area contributed by atoms with Crippen molar-refractivity contribution in [1.29, 1.82) is 0 Å². The maximum absolute atomic E-state index is 10.6. The molecule has 0 fully saturated rings. The van der Waals surface area contributed by atoms with E-state index in [1.54, 1.807) is 6.92 Å². The van der Waals surface area contributed by atoms with Crippen LogP contribution < -0.4 is 11.1 Å². The van der Waals surface area contributed by atoms with Gasteiger partial charge in [-0.1, -0.05) is 6.92 Å². The van der Waals surface area contributed by atoms with E-state index < -0.39 is 5.41 Å². The van der Waals surface area contributed by atoms with E-state index in [2.05, 4.69) is 5.32 Å². The highest BCUT2D eigenvalue weighted by Crippen LogP contribution is 2.12. The molecule has 1 amide bonds. The first-order valence-corrected chi connectivity index (χ1v) is 4.67. The topological polar surface area (TPSA) is 95.6 Å². The van der Waals surface area contributed by atoms with Gasteiger partial charge in [0.2, 0.25) is 5.91 Å². The molecule has 0 spiro atoms. The smallest absolute Gasteiger partial charge is 0.218 e. The Morgan fingerprint density at radius 1 is 1.50 bits per heavy atom. The number of rotatable bonds is 7. The molecule has 0 aromatic heterocycles. The average molecular weight is 204 g/mol. The van der Waals surface area contributed by atoms with Crippen LogP contribution in [0.15, 0.2) is 0 Å². The Balaban J connectivity index is 3.85. The molecule has 0 aromatic carbocycles. The van der Waals surface area contributed by atoms with E-state index in [-0.39, 0.29) is 31.6 Å². The largest absolute Gasteiger partial charge is 0.396 e. The van der Waals surface area contributed by atoms with Gasteiger partial charge in [0.15, 0.2) is 0 Å². The maximum atomic E-state index is 10.6. The molecule has 5 heteroatoms. The molecule has 0 heterocycles. The molecule has 0 radical (unpaired) electrons. The molecule has 0 rings (SSSR count). The van der Waals surface area contributed by atoms with Crippen LogP contribution >= 0.6 is 0 Å². The van der Waals surface area contributed by atoms with Gasteiger partial charge in [-0.2, -0.15) is 0 Å². The van der Waals surface area contributed by atoms with E-state index in [9.17, 15) is 4.79 Å². The van der Waals surface area contributed by atoms with E-state index in [0.717, 1.165) is 0 Å². The summed E-state index contributed by atoms with van der Waals surface area (Å²) in [6.07, 6.45) is 0.257. The quantitative estimate of drug-likeness (QED) is 0.420. The van der Waals surface area contributed by atoms with Gasteiger partial charge in [-0.15, -0.1) is 0 Å². The lowest BCUT2D eigenvalue weighted by molar-refractivity contribution is -0.118. The number of nitrogens with two attached hydrogens (primary N) is 1. The molecule has 0 saturated carbocycles. The van der Waals surface area contributed by atoms with Crippen molar-refractivity contribution in [1.82, 2.24) is 5.32 Å². The normalized spacial score (nSPS) is 14.0. The lowest BCUT2D eigenvalue weighted by Gasteiger charge is -2.26. The zero-order valence-corrected chi connectivity index (χ0v) is 8.79. The third kappa shape index (κ3) is 5.16. The Morgan fingerprint density at radius 3 is 2.36 bits per heavy atom. The minimum atomic E-state index is -0.550. The third-order valence-electron chi connectivity index (χ3n) is 2.15. The molecule has 5 N–H and O–H groups in total. The molecule has 0 aliphatic rings. The van der Waals surface area contributed by atoms with Crippen molar-refractivity contribution in [2.45, 2.75) is 26.3 Å². The van der Waals surface area contributed by atoms with Crippen molar-refractivity contribution < 1.29 is 15.0 Å². The summed E-state index contributed by atoms with van der Waals surface area (Å²) in [6.45, 7) is 3.85. The van der Waals surface area contributed by atoms with Crippen LogP contribution in [0.2, 0.25) is 0 Å². The molecule has 0 saturated heterocycles. The molecule has 1 atom stereocenters. The molecule has 0 aliphatic heterocycles. The summed E-state index contributed by atoms with van der Waals surface area (Å²) in [5, 5.41) is 21.0. The highest BCUT2D eigenvalue weighted by molar-refractivity contribution is 5.74. The number of amides is 1. The summed E-state index contributed by atoms with van der Waals surface area (Å²) in [7, 11) is 0. The molecular formula is C9H20N2O3. The SMILES string of the molecule is CC(CC(N)=O)NCC(C)(CO)CO. The molecule has 14 heavy (non-hydrogen) atoms. The number of hydrogen-bond donors (Lipinski definition) is 4. The summed E-state index contributed by atoms with van der Waals surface area (Å²) in [5.74, 6) is -0.361. The highest BCUT2D eigenvalue weighted by Gasteiger charge is 2.22. The predicted molar refractivity (Wildman–Crippen MR) is 53.6 cm³/mol. The van der Waals surface area contributed by atoms with Gasteiger partial charge in [-0.3, -0.25) is 4.79 Å². The molecular weight excluding hydrogens is 184 g/mol. The van der Waals surface area contributed by atoms with Crippen LogP contribution in [-0.2, 0) is 4.79 Å². The lowest BCUT2D eigenvalue weighted by atomic mass is 9.92. The molecule has 0 aliphatic carbocycles. The standard InChI is InChI=1S/C9H20N2O3/c1-7(3-8(10)14)11-4-9(2,5-12)6-13/h7,11-13H,3-6H2,1-2H3,(H2,10,14). The van der Waals surface area contributed by atoms with Gasteiger partial charge < -0.3 is 21.3 Å². The van der Waals surface area contributed by atoms with Crippen LogP contribution in [0.5, 0.6) is 0 Å². The number of aliphatic hydroxyl groups excluding tert-OH is 2. The molecule has 5 nitrogen and oxygen atoms in total. The Hall–Kier alpha value is -0.650. The average Bonchev–Trinajstić information content (AvgIpc) is 2.13. The second-order valence-corrected chi connectivity index (χ2v) is 4.08. The summed E-state index contributed by atoms with van der Waals surface area (Å²) in [4.78, 5) is 10.6. The number of aliphatic hydroxyl groups is 2. The molecule has 1 unspecified atom stereocenters. The van der Waals surface area contributed by atoms with Gasteiger partial charge in [0, 0.05) is 24.4 Å². The third-order valence-corrected chi connectivity index (χ3v) is 2.15. The number of carbonyl (C=O) groups is 1. The van der Waals surface area contributed by atoms with Crippen molar-refractivity contribution in [3.05, 3.63) is 0 Å². The number of nitrogens with one attached hydrogen (secondary N) is 1. The van der Waals surface area contributed by atoms with Crippen LogP contribution in [0.1, 0.15) is 20.3 Å². The summed E-state index contributed by atoms with van der Waals surface area (Å²) in [6, 6.07) is -0.0371. The van der Waals surface area contributed by atoms with Gasteiger partial charge in [-0.05, 0) is 6.92 Å². The van der Waals surface area contributed by atoms with Crippen LogP contribution in [0.4, 0.5) is 0 Å². The van der Waals surface area contributed by atoms with Crippen molar-refractivity contribution in [2.24, 2.45) is 11.1 Å². The van der Waals surface area contributed by atoms with E-state index >= 15 is 0 Å². The Morgan fingerprint density at radius 2 is 2.00 bits per heavy atom. The number of carbonyl (C=O) groups excluding carboxylic acids is 1. The monoisotopic (exact) mass is 204 g/mol. The first-order valence-electron chi connectivity index (χ1n) is 4.67. The summed E-state index contributed by atoms with van der Waals surface area (Å²) in [5.41, 5.74) is 4.47. The minimum Gasteiger partial charge on any atom is -0.396 e. The Bertz CT molecular complexity index is 181. The van der Waals surface area contributed by atoms with Crippen LogP contribution in [-0.4, -0.2) is 41.9 Å². The highest BCUT2D eigenvalue weighted by atomic mass is 16.3. The summed E-state index contributed by atoms with van der Waals surface area (Å²) < 4.78 is 0. The molecule has 0 bridgehead atoms. The van der Waals surface area contributed by atoms with E-state index in [1.807, 2.05) is 6.92 Å². The van der Waals surface area contributed by atoms with Gasteiger partial charge >= 0.3 is 0 Å². The van der Waals surface area contributed by atoms with E-state index in [4.69, 9.17) is 15.9 Å². The van der Waals surface area contributed by atoms with Crippen molar-refractivity contribution >= 4 is 5.91 Å². The fourth-order valence-corrected chi connectivity index (χ4v) is 0.956. The van der Waals surface area contributed by atoms with Crippen LogP contribution in [0.3, 0.4) is 0 Å². The van der Waals surface area contributed by atoms with E-state index in [0.29, 0.717) is 6.54 Å². The fourth-order valence-electron chi connectivity index (χ4n) is 0.956. The molecule has 84 valence electrons. The Kier molecular flexibility index (Phi) is 5.68. The Labute approximate surface area is 84.3 Å². The van der Waals surface area contributed by atoms with Crippen molar-refractivity contribution in [3.63, 3.8) is 0 Å². The number of primary amides is 1.